The van der Waals surface area contributed by atoms with Gasteiger partial charge in [0, 0.05) is 16.4 Å². The van der Waals surface area contributed by atoms with Gasteiger partial charge >= 0.3 is 12.0 Å². The van der Waals surface area contributed by atoms with E-state index in [-0.39, 0.29) is 5.56 Å². The predicted molar refractivity (Wildman–Crippen MR) is 88.7 cm³/mol. The molecule has 5 nitrogen and oxygen atoms in total. The third-order valence-electron chi connectivity index (χ3n) is 2.75. The Hall–Kier alpha value is -2.60. The third kappa shape index (κ3) is 4.75. The van der Waals surface area contributed by atoms with Crippen molar-refractivity contribution < 1.29 is 14.7 Å². The quantitative estimate of drug-likeness (QED) is 0.772. The van der Waals surface area contributed by atoms with Gasteiger partial charge in [0.05, 0.1) is 5.56 Å². The molecule has 0 aliphatic rings. The number of amides is 2. The Morgan fingerprint density at radius 3 is 2.23 bits per heavy atom. The third-order valence-corrected chi connectivity index (χ3v) is 3.28. The van der Waals surface area contributed by atoms with Gasteiger partial charge in [-0.15, -0.1) is 0 Å². The Kier molecular flexibility index (Phi) is 5.32. The first-order valence-electron chi connectivity index (χ1n) is 6.37. The molecule has 2 aromatic carbocycles. The Morgan fingerprint density at radius 2 is 1.64 bits per heavy atom. The maximum Gasteiger partial charge on any atom is 0.335 e. The van der Waals surface area contributed by atoms with Crippen LogP contribution in [-0.4, -0.2) is 17.1 Å². The number of carbonyl (C=O) groups excluding carboxylic acids is 1. The van der Waals surface area contributed by atoms with Gasteiger partial charge in [0.15, 0.2) is 0 Å². The van der Waals surface area contributed by atoms with Crippen LogP contribution in [-0.2, 0) is 0 Å². The van der Waals surface area contributed by atoms with Crippen LogP contribution in [0.2, 0.25) is 0 Å². The van der Waals surface area contributed by atoms with E-state index in [0.29, 0.717) is 5.69 Å². The minimum absolute atomic E-state index is 0.168. The maximum atomic E-state index is 11.7. The molecule has 6 heteroatoms. The minimum atomic E-state index is -1.01. The van der Waals surface area contributed by atoms with E-state index in [1.54, 1.807) is 6.08 Å². The van der Waals surface area contributed by atoms with Crippen molar-refractivity contribution in [3.63, 3.8) is 0 Å². The molecule has 2 aromatic rings. The minimum Gasteiger partial charge on any atom is -0.478 e. The maximum absolute atomic E-state index is 11.7. The van der Waals surface area contributed by atoms with Gasteiger partial charge in [-0.2, -0.15) is 0 Å². The Bertz CT molecular complexity index is 694. The smallest absolute Gasteiger partial charge is 0.335 e. The van der Waals surface area contributed by atoms with Crippen molar-refractivity contribution in [1.82, 2.24) is 5.32 Å². The largest absolute Gasteiger partial charge is 0.478 e. The van der Waals surface area contributed by atoms with Crippen molar-refractivity contribution in [3.05, 3.63) is 70.3 Å². The van der Waals surface area contributed by atoms with Gasteiger partial charge in [-0.3, -0.25) is 0 Å². The number of anilines is 1. The normalized spacial score (nSPS) is 10.4. The van der Waals surface area contributed by atoms with E-state index in [9.17, 15) is 9.59 Å². The molecule has 0 radical (unpaired) electrons. The van der Waals surface area contributed by atoms with E-state index in [1.807, 2.05) is 24.3 Å². The molecule has 0 heterocycles. The lowest BCUT2D eigenvalue weighted by molar-refractivity contribution is 0.0697. The van der Waals surface area contributed by atoms with Crippen molar-refractivity contribution in [3.8, 4) is 0 Å². The molecule has 2 amide bonds. The van der Waals surface area contributed by atoms with Gasteiger partial charge in [0.1, 0.15) is 0 Å². The van der Waals surface area contributed by atoms with Crippen LogP contribution in [0.1, 0.15) is 15.9 Å². The number of aromatic carboxylic acids is 1. The molecule has 0 bridgehead atoms. The number of urea groups is 1. The molecule has 112 valence electrons. The van der Waals surface area contributed by atoms with Crippen LogP contribution in [0.3, 0.4) is 0 Å². The lowest BCUT2D eigenvalue weighted by Gasteiger charge is -2.04. The van der Waals surface area contributed by atoms with Crippen LogP contribution in [0.4, 0.5) is 10.5 Å². The van der Waals surface area contributed by atoms with Gasteiger partial charge in [0.2, 0.25) is 0 Å². The van der Waals surface area contributed by atoms with Crippen LogP contribution in [0.15, 0.2) is 59.2 Å². The van der Waals surface area contributed by atoms with E-state index in [1.165, 1.54) is 30.5 Å². The number of nitrogens with one attached hydrogen (secondary N) is 2. The number of carboxylic acids is 1. The Balaban J connectivity index is 1.87. The predicted octanol–water partition coefficient (Wildman–Crippen LogP) is 3.94. The number of carboxylic acid groups (broad SMARTS) is 1. The van der Waals surface area contributed by atoms with Crippen molar-refractivity contribution in [2.45, 2.75) is 0 Å². The fraction of sp³-hybridized carbons (Fsp3) is 0. The molecular weight excluding hydrogens is 348 g/mol. The monoisotopic (exact) mass is 360 g/mol. The van der Waals surface area contributed by atoms with Crippen molar-refractivity contribution in [1.29, 1.82) is 0 Å². The standard InChI is InChI=1S/C16H13BrN2O3/c17-13-5-1-11(2-6-13)9-10-18-16(22)19-14-7-3-12(4-8-14)15(20)21/h1-10H,(H,20,21)(H2,18,19,22)/b10-9+. The SMILES string of the molecule is O=C(N/C=C/c1ccc(Br)cc1)Nc1ccc(C(=O)O)cc1. The summed E-state index contributed by atoms with van der Waals surface area (Å²) in [4.78, 5) is 22.4. The molecule has 0 spiro atoms. The number of hydrogen-bond acceptors (Lipinski definition) is 2. The zero-order valence-electron chi connectivity index (χ0n) is 11.4. The highest BCUT2D eigenvalue weighted by molar-refractivity contribution is 9.10. The number of halogens is 1. The Morgan fingerprint density at radius 1 is 1.00 bits per heavy atom. The highest BCUT2D eigenvalue weighted by atomic mass is 79.9. The highest BCUT2D eigenvalue weighted by Gasteiger charge is 2.03. The van der Waals surface area contributed by atoms with E-state index in [2.05, 4.69) is 26.6 Å². The number of rotatable bonds is 4. The van der Waals surface area contributed by atoms with Crippen molar-refractivity contribution in [2.75, 3.05) is 5.32 Å². The van der Waals surface area contributed by atoms with Gasteiger partial charge in [-0.25, -0.2) is 9.59 Å². The molecule has 22 heavy (non-hydrogen) atoms. The Labute approximate surface area is 135 Å². The summed E-state index contributed by atoms with van der Waals surface area (Å²) >= 11 is 3.35. The van der Waals surface area contributed by atoms with Crippen LogP contribution in [0, 0.1) is 0 Å². The molecule has 0 fully saturated rings. The molecule has 0 unspecified atom stereocenters. The molecule has 0 aliphatic heterocycles. The van der Waals surface area contributed by atoms with E-state index >= 15 is 0 Å². The average Bonchev–Trinajstić information content (AvgIpc) is 2.50. The van der Waals surface area contributed by atoms with Gasteiger partial charge in [-0.05, 0) is 48.0 Å². The second-order valence-electron chi connectivity index (χ2n) is 4.37. The van der Waals surface area contributed by atoms with Gasteiger partial charge in [-0.1, -0.05) is 28.1 Å². The van der Waals surface area contributed by atoms with Gasteiger partial charge < -0.3 is 15.7 Å². The molecular formula is C16H13BrN2O3. The first-order valence-corrected chi connectivity index (χ1v) is 7.17. The zero-order valence-corrected chi connectivity index (χ0v) is 13.0. The molecule has 0 atom stereocenters. The van der Waals surface area contributed by atoms with Crippen LogP contribution >= 0.6 is 15.9 Å². The highest BCUT2D eigenvalue weighted by Crippen LogP contribution is 2.11. The topological polar surface area (TPSA) is 78.4 Å². The lowest BCUT2D eigenvalue weighted by atomic mass is 10.2. The number of hydrogen-bond donors (Lipinski definition) is 3. The van der Waals surface area contributed by atoms with Crippen molar-refractivity contribution >= 4 is 39.7 Å². The molecule has 3 N–H and O–H groups in total. The molecule has 2 rings (SSSR count). The summed E-state index contributed by atoms with van der Waals surface area (Å²) in [7, 11) is 0. The summed E-state index contributed by atoms with van der Waals surface area (Å²) in [5.74, 6) is -1.01. The average molecular weight is 361 g/mol. The summed E-state index contributed by atoms with van der Waals surface area (Å²) in [5.41, 5.74) is 1.63. The number of benzene rings is 2. The fourth-order valence-corrected chi connectivity index (χ4v) is 1.92. The van der Waals surface area contributed by atoms with Crippen LogP contribution in [0.5, 0.6) is 0 Å². The van der Waals surface area contributed by atoms with Gasteiger partial charge in [0.25, 0.3) is 0 Å². The molecule has 0 saturated heterocycles. The first kappa shape index (κ1) is 15.8. The van der Waals surface area contributed by atoms with E-state index in [0.717, 1.165) is 10.0 Å². The second kappa shape index (κ2) is 7.42. The second-order valence-corrected chi connectivity index (χ2v) is 5.28. The van der Waals surface area contributed by atoms with Crippen LogP contribution in [0.25, 0.3) is 6.08 Å². The fourth-order valence-electron chi connectivity index (χ4n) is 1.65. The van der Waals surface area contributed by atoms with Crippen LogP contribution < -0.4 is 10.6 Å². The summed E-state index contributed by atoms with van der Waals surface area (Å²) in [6.07, 6.45) is 3.30. The first-order chi connectivity index (χ1) is 10.5. The zero-order chi connectivity index (χ0) is 15.9. The van der Waals surface area contributed by atoms with E-state index < -0.39 is 12.0 Å². The summed E-state index contributed by atoms with van der Waals surface area (Å²) in [6.45, 7) is 0. The summed E-state index contributed by atoms with van der Waals surface area (Å²) in [5, 5.41) is 14.0. The molecule has 0 aliphatic carbocycles. The molecule has 0 saturated carbocycles. The lowest BCUT2D eigenvalue weighted by Crippen LogP contribution is -2.23. The summed E-state index contributed by atoms with van der Waals surface area (Å²) in [6, 6.07) is 13.1. The van der Waals surface area contributed by atoms with E-state index in [4.69, 9.17) is 5.11 Å². The number of carbonyl (C=O) groups is 2. The molecule has 0 aromatic heterocycles. The summed E-state index contributed by atoms with van der Waals surface area (Å²) < 4.78 is 0.986. The van der Waals surface area contributed by atoms with Crippen molar-refractivity contribution in [2.24, 2.45) is 0 Å².